The standard InChI is InChI=1S/C21H26F3N5O3/c1-13(14-3-2-4-15(9-14)16-10-28(11-16)12-21(22,23)24)25-18-26-19(30)29(20(31)27-18)17-5-7-32-8-6-17/h2-4,9,13,16-17H,5-8,10-12H2,1H3,(H2,25,26,27,30,31)/t13-/m0/s1. The summed E-state index contributed by atoms with van der Waals surface area (Å²) < 4.78 is 44.0. The number of hydrogen-bond donors (Lipinski definition) is 2. The van der Waals surface area contributed by atoms with Gasteiger partial charge in [0.25, 0.3) is 0 Å². The van der Waals surface area contributed by atoms with Gasteiger partial charge in [0.05, 0.1) is 12.6 Å². The summed E-state index contributed by atoms with van der Waals surface area (Å²) >= 11 is 0. The number of benzene rings is 1. The molecule has 1 aromatic carbocycles. The summed E-state index contributed by atoms with van der Waals surface area (Å²) in [4.78, 5) is 33.0. The molecule has 1 atom stereocenters. The summed E-state index contributed by atoms with van der Waals surface area (Å²) in [6.45, 7) is 2.70. The fourth-order valence-corrected chi connectivity index (χ4v) is 4.29. The fraction of sp³-hybridized carbons (Fsp3) is 0.571. The zero-order valence-electron chi connectivity index (χ0n) is 17.7. The number of H-pyrrole nitrogens is 1. The van der Waals surface area contributed by atoms with Gasteiger partial charge in [-0.05, 0) is 30.9 Å². The molecule has 2 fully saturated rings. The Labute approximate surface area is 182 Å². The van der Waals surface area contributed by atoms with E-state index in [1.165, 1.54) is 4.90 Å². The van der Waals surface area contributed by atoms with Crippen molar-refractivity contribution >= 4 is 5.95 Å². The molecule has 8 nitrogen and oxygen atoms in total. The van der Waals surface area contributed by atoms with Crippen molar-refractivity contribution in [3.05, 3.63) is 56.4 Å². The number of rotatable bonds is 6. The minimum Gasteiger partial charge on any atom is -0.381 e. The zero-order valence-corrected chi connectivity index (χ0v) is 17.7. The predicted octanol–water partition coefficient (Wildman–Crippen LogP) is 2.42. The van der Waals surface area contributed by atoms with Gasteiger partial charge in [-0.3, -0.25) is 9.88 Å². The largest absolute Gasteiger partial charge is 0.401 e. The van der Waals surface area contributed by atoms with Crippen molar-refractivity contribution in [1.29, 1.82) is 0 Å². The van der Waals surface area contributed by atoms with Gasteiger partial charge in [-0.15, -0.1) is 0 Å². The summed E-state index contributed by atoms with van der Waals surface area (Å²) in [5, 5.41) is 3.05. The van der Waals surface area contributed by atoms with Crippen molar-refractivity contribution in [2.75, 3.05) is 38.2 Å². The molecular weight excluding hydrogens is 427 g/mol. The van der Waals surface area contributed by atoms with Crippen molar-refractivity contribution in [2.45, 2.75) is 43.9 Å². The average molecular weight is 453 g/mol. The van der Waals surface area contributed by atoms with Crippen LogP contribution in [0.5, 0.6) is 0 Å². The second-order valence-corrected chi connectivity index (χ2v) is 8.43. The Kier molecular flexibility index (Phi) is 6.38. The minimum absolute atomic E-state index is 0.0471. The van der Waals surface area contributed by atoms with Gasteiger partial charge in [-0.1, -0.05) is 24.3 Å². The molecule has 2 aliphatic rings. The quantitative estimate of drug-likeness (QED) is 0.698. The highest BCUT2D eigenvalue weighted by Crippen LogP contribution is 2.31. The molecule has 0 amide bonds. The smallest absolute Gasteiger partial charge is 0.381 e. The number of hydrogen-bond acceptors (Lipinski definition) is 6. The van der Waals surface area contributed by atoms with Crippen LogP contribution in [0.4, 0.5) is 19.1 Å². The first-order chi connectivity index (χ1) is 15.2. The van der Waals surface area contributed by atoms with Crippen molar-refractivity contribution in [2.24, 2.45) is 0 Å². The van der Waals surface area contributed by atoms with Crippen LogP contribution >= 0.6 is 0 Å². The molecule has 0 aliphatic carbocycles. The maximum absolute atomic E-state index is 12.5. The van der Waals surface area contributed by atoms with E-state index in [0.29, 0.717) is 39.1 Å². The van der Waals surface area contributed by atoms with Gasteiger partial charge in [0.15, 0.2) is 0 Å². The molecule has 2 saturated heterocycles. The molecule has 0 saturated carbocycles. The van der Waals surface area contributed by atoms with Crippen LogP contribution in [0.15, 0.2) is 33.9 Å². The number of likely N-dealkylation sites (tertiary alicyclic amines) is 1. The number of halogens is 3. The maximum Gasteiger partial charge on any atom is 0.401 e. The van der Waals surface area contributed by atoms with E-state index >= 15 is 0 Å². The lowest BCUT2D eigenvalue weighted by Crippen LogP contribution is -2.49. The van der Waals surface area contributed by atoms with Crippen molar-refractivity contribution in [1.82, 2.24) is 19.4 Å². The molecule has 4 rings (SSSR count). The van der Waals surface area contributed by atoms with E-state index in [4.69, 9.17) is 4.74 Å². The number of alkyl halides is 3. The molecule has 0 bridgehead atoms. The van der Waals surface area contributed by atoms with Gasteiger partial charge in [-0.2, -0.15) is 18.2 Å². The zero-order chi connectivity index (χ0) is 22.9. The number of anilines is 1. The van der Waals surface area contributed by atoms with Gasteiger partial charge < -0.3 is 10.1 Å². The third kappa shape index (κ3) is 5.21. The first-order valence-corrected chi connectivity index (χ1v) is 10.7. The summed E-state index contributed by atoms with van der Waals surface area (Å²) in [5.74, 6) is 0.132. The first kappa shape index (κ1) is 22.5. The van der Waals surface area contributed by atoms with E-state index in [1.54, 1.807) is 0 Å². The van der Waals surface area contributed by atoms with Crippen LogP contribution in [0.2, 0.25) is 0 Å². The first-order valence-electron chi connectivity index (χ1n) is 10.7. The lowest BCUT2D eigenvalue weighted by atomic mass is 9.89. The molecule has 0 radical (unpaired) electrons. The highest BCUT2D eigenvalue weighted by Gasteiger charge is 2.37. The third-order valence-corrected chi connectivity index (χ3v) is 6.01. The lowest BCUT2D eigenvalue weighted by Gasteiger charge is -2.40. The molecule has 0 spiro atoms. The Morgan fingerprint density at radius 2 is 1.97 bits per heavy atom. The van der Waals surface area contributed by atoms with E-state index in [-0.39, 0.29) is 23.9 Å². The molecule has 3 heterocycles. The predicted molar refractivity (Wildman–Crippen MR) is 112 cm³/mol. The topological polar surface area (TPSA) is 92.2 Å². The van der Waals surface area contributed by atoms with Gasteiger partial charge in [0, 0.05) is 38.3 Å². The Morgan fingerprint density at radius 1 is 1.25 bits per heavy atom. The van der Waals surface area contributed by atoms with Crippen LogP contribution in [0.1, 0.15) is 48.9 Å². The van der Waals surface area contributed by atoms with E-state index in [1.807, 2.05) is 31.2 Å². The number of aromatic amines is 1. The van der Waals surface area contributed by atoms with Gasteiger partial charge >= 0.3 is 17.6 Å². The molecule has 2 aromatic rings. The molecular formula is C21H26F3N5O3. The summed E-state index contributed by atoms with van der Waals surface area (Å²) in [7, 11) is 0. The van der Waals surface area contributed by atoms with Gasteiger partial charge in [0.2, 0.25) is 5.95 Å². The number of ether oxygens (including phenoxy) is 1. The SMILES string of the molecule is C[C@H](Nc1nc(=O)n(C2CCOCC2)c(=O)[nH]1)c1cccc(C2CN(CC(F)(F)F)C2)c1. The normalized spacial score (nSPS) is 19.5. The summed E-state index contributed by atoms with van der Waals surface area (Å²) in [5.41, 5.74) is 0.724. The second kappa shape index (κ2) is 9.07. The third-order valence-electron chi connectivity index (χ3n) is 6.01. The highest BCUT2D eigenvalue weighted by molar-refractivity contribution is 5.35. The Hall–Kier alpha value is -2.66. The molecule has 174 valence electrons. The summed E-state index contributed by atoms with van der Waals surface area (Å²) in [6.07, 6.45) is -3.02. The van der Waals surface area contributed by atoms with Crippen LogP contribution in [0.3, 0.4) is 0 Å². The number of nitrogens with one attached hydrogen (secondary N) is 2. The van der Waals surface area contributed by atoms with Crippen LogP contribution in [-0.4, -0.2) is 58.5 Å². The van der Waals surface area contributed by atoms with Crippen molar-refractivity contribution in [3.8, 4) is 0 Å². The highest BCUT2D eigenvalue weighted by atomic mass is 19.4. The van der Waals surface area contributed by atoms with E-state index in [9.17, 15) is 22.8 Å². The lowest BCUT2D eigenvalue weighted by molar-refractivity contribution is -0.154. The monoisotopic (exact) mass is 453 g/mol. The molecule has 0 unspecified atom stereocenters. The maximum atomic E-state index is 12.5. The Morgan fingerprint density at radius 3 is 2.62 bits per heavy atom. The van der Waals surface area contributed by atoms with Crippen molar-refractivity contribution in [3.63, 3.8) is 0 Å². The number of aromatic nitrogens is 3. The van der Waals surface area contributed by atoms with Gasteiger partial charge in [0.1, 0.15) is 0 Å². The van der Waals surface area contributed by atoms with E-state index in [0.717, 1.165) is 15.7 Å². The van der Waals surface area contributed by atoms with Crippen LogP contribution < -0.4 is 16.7 Å². The van der Waals surface area contributed by atoms with E-state index in [2.05, 4.69) is 15.3 Å². The molecule has 32 heavy (non-hydrogen) atoms. The second-order valence-electron chi connectivity index (χ2n) is 8.43. The van der Waals surface area contributed by atoms with Crippen molar-refractivity contribution < 1.29 is 17.9 Å². The number of nitrogens with zero attached hydrogens (tertiary/aromatic N) is 3. The van der Waals surface area contributed by atoms with Gasteiger partial charge in [-0.25, -0.2) is 14.2 Å². The van der Waals surface area contributed by atoms with Crippen LogP contribution in [-0.2, 0) is 4.74 Å². The molecule has 2 aliphatic heterocycles. The van der Waals surface area contributed by atoms with Crippen LogP contribution in [0, 0.1) is 0 Å². The Balaban J connectivity index is 1.42. The summed E-state index contributed by atoms with van der Waals surface area (Å²) in [6, 6.07) is 7.08. The van der Waals surface area contributed by atoms with E-state index < -0.39 is 24.1 Å². The average Bonchev–Trinajstić information content (AvgIpc) is 2.70. The molecule has 11 heteroatoms. The van der Waals surface area contributed by atoms with Crippen LogP contribution in [0.25, 0.3) is 0 Å². The fourth-order valence-electron chi connectivity index (χ4n) is 4.29. The minimum atomic E-state index is -4.19. The molecule has 1 aromatic heterocycles. The Bertz CT molecular complexity index is 1020. The molecule has 2 N–H and O–H groups in total.